The minimum absolute atomic E-state index is 0.0968. The summed E-state index contributed by atoms with van der Waals surface area (Å²) in [6.07, 6.45) is 4.80. The fourth-order valence-corrected chi connectivity index (χ4v) is 3.03. The molecule has 7 nitrogen and oxygen atoms in total. The molecular weight excluding hydrogens is 306 g/mol. The Kier molecular flexibility index (Phi) is 5.53. The Morgan fingerprint density at radius 1 is 1.17 bits per heavy atom. The molecule has 3 rings (SSSR count). The summed E-state index contributed by atoms with van der Waals surface area (Å²) in [5.41, 5.74) is 0.254. The normalized spacial score (nSPS) is 15.5. The molecule has 1 saturated heterocycles. The molecule has 1 amide bonds. The van der Waals surface area contributed by atoms with Gasteiger partial charge in [0.2, 0.25) is 5.91 Å². The minimum atomic E-state index is -0.288. The van der Waals surface area contributed by atoms with Gasteiger partial charge in [-0.1, -0.05) is 23.8 Å². The predicted octanol–water partition coefficient (Wildman–Crippen LogP) is 0.784. The van der Waals surface area contributed by atoms with E-state index in [0.29, 0.717) is 17.4 Å². The lowest BCUT2D eigenvalue weighted by atomic mass is 10.1. The van der Waals surface area contributed by atoms with Crippen LogP contribution in [-0.2, 0) is 11.3 Å². The molecule has 0 radical (unpaired) electrons. The van der Waals surface area contributed by atoms with Crippen molar-refractivity contribution in [2.24, 2.45) is 0 Å². The van der Waals surface area contributed by atoms with Crippen LogP contribution in [0, 0.1) is 0 Å². The van der Waals surface area contributed by atoms with Crippen LogP contribution in [0.15, 0.2) is 29.1 Å². The Morgan fingerprint density at radius 2 is 1.96 bits per heavy atom. The first-order chi connectivity index (χ1) is 11.7. The molecule has 2 heterocycles. The van der Waals surface area contributed by atoms with Gasteiger partial charge in [0.25, 0.3) is 5.56 Å². The molecule has 0 bridgehead atoms. The zero-order valence-electron chi connectivity index (χ0n) is 13.8. The third-order valence-corrected chi connectivity index (χ3v) is 4.34. The predicted molar refractivity (Wildman–Crippen MR) is 91.7 cm³/mol. The highest BCUT2D eigenvalue weighted by Gasteiger charge is 2.11. The summed E-state index contributed by atoms with van der Waals surface area (Å²) in [5.74, 6) is -0.208. The SMILES string of the molecule is O=C(Cn1nnc2ccccc2c1=O)NCCCN1CCCCC1. The summed E-state index contributed by atoms with van der Waals surface area (Å²) in [4.78, 5) is 26.7. The molecule has 1 aliphatic heterocycles. The lowest BCUT2D eigenvalue weighted by Gasteiger charge is -2.26. The van der Waals surface area contributed by atoms with Crippen LogP contribution in [0.4, 0.5) is 0 Å². The Bertz CT molecular complexity index is 752. The number of fused-ring (bicyclic) bond motifs is 1. The Hall–Kier alpha value is -2.28. The second kappa shape index (κ2) is 8.01. The molecule has 0 spiro atoms. The first-order valence-electron chi connectivity index (χ1n) is 8.55. The van der Waals surface area contributed by atoms with Gasteiger partial charge in [-0.15, -0.1) is 5.10 Å². The topological polar surface area (TPSA) is 80.1 Å². The monoisotopic (exact) mass is 329 g/mol. The number of amides is 1. The van der Waals surface area contributed by atoms with Gasteiger partial charge in [0.15, 0.2) is 0 Å². The average molecular weight is 329 g/mol. The van der Waals surface area contributed by atoms with E-state index in [2.05, 4.69) is 20.5 Å². The van der Waals surface area contributed by atoms with E-state index in [-0.39, 0.29) is 18.0 Å². The summed E-state index contributed by atoms with van der Waals surface area (Å²) in [6, 6.07) is 7.00. The van der Waals surface area contributed by atoms with Crippen molar-refractivity contribution in [3.63, 3.8) is 0 Å². The summed E-state index contributed by atoms with van der Waals surface area (Å²) in [5, 5.41) is 11.1. The molecule has 1 fully saturated rings. The number of aromatic nitrogens is 3. The smallest absolute Gasteiger partial charge is 0.278 e. The average Bonchev–Trinajstić information content (AvgIpc) is 2.62. The summed E-state index contributed by atoms with van der Waals surface area (Å²) in [7, 11) is 0. The summed E-state index contributed by atoms with van der Waals surface area (Å²) in [6.45, 7) is 3.85. The number of nitrogens with one attached hydrogen (secondary N) is 1. The number of hydrogen-bond donors (Lipinski definition) is 1. The van der Waals surface area contributed by atoms with E-state index in [4.69, 9.17) is 0 Å². The van der Waals surface area contributed by atoms with Crippen LogP contribution in [0.2, 0.25) is 0 Å². The van der Waals surface area contributed by atoms with Crippen molar-refractivity contribution < 1.29 is 4.79 Å². The van der Waals surface area contributed by atoms with Crippen LogP contribution in [0.3, 0.4) is 0 Å². The first kappa shape index (κ1) is 16.6. The van der Waals surface area contributed by atoms with Crippen molar-refractivity contribution in [1.29, 1.82) is 0 Å². The summed E-state index contributed by atoms with van der Waals surface area (Å²) < 4.78 is 1.11. The number of carbonyl (C=O) groups is 1. The maximum atomic E-state index is 12.3. The van der Waals surface area contributed by atoms with E-state index < -0.39 is 0 Å². The van der Waals surface area contributed by atoms with Crippen LogP contribution in [0.25, 0.3) is 10.9 Å². The molecule has 2 aromatic rings. The Morgan fingerprint density at radius 3 is 2.79 bits per heavy atom. The van der Waals surface area contributed by atoms with Gasteiger partial charge in [-0.25, -0.2) is 4.68 Å². The second-order valence-corrected chi connectivity index (χ2v) is 6.18. The minimum Gasteiger partial charge on any atom is -0.354 e. The van der Waals surface area contributed by atoms with Crippen molar-refractivity contribution in [3.8, 4) is 0 Å². The van der Waals surface area contributed by atoms with Gasteiger partial charge in [-0.2, -0.15) is 0 Å². The quantitative estimate of drug-likeness (QED) is 0.792. The number of piperidine rings is 1. The fourth-order valence-electron chi connectivity index (χ4n) is 3.03. The van der Waals surface area contributed by atoms with Gasteiger partial charge in [0.05, 0.1) is 5.39 Å². The number of nitrogens with zero attached hydrogens (tertiary/aromatic N) is 4. The molecule has 128 valence electrons. The molecular formula is C17H23N5O2. The fraction of sp³-hybridized carbons (Fsp3) is 0.529. The van der Waals surface area contributed by atoms with Crippen LogP contribution < -0.4 is 10.9 Å². The maximum Gasteiger partial charge on any atom is 0.278 e. The number of carbonyl (C=O) groups excluding carboxylic acids is 1. The van der Waals surface area contributed by atoms with Crippen LogP contribution in [-0.4, -0.2) is 52.0 Å². The molecule has 0 atom stereocenters. The molecule has 0 aliphatic carbocycles. The van der Waals surface area contributed by atoms with Crippen molar-refractivity contribution in [1.82, 2.24) is 25.2 Å². The van der Waals surface area contributed by atoms with E-state index >= 15 is 0 Å². The molecule has 0 saturated carbocycles. The highest BCUT2D eigenvalue weighted by molar-refractivity contribution is 5.78. The van der Waals surface area contributed by atoms with E-state index in [1.165, 1.54) is 19.3 Å². The number of likely N-dealkylation sites (tertiary alicyclic amines) is 1. The third-order valence-electron chi connectivity index (χ3n) is 4.34. The lowest BCUT2D eigenvalue weighted by Crippen LogP contribution is -2.36. The zero-order chi connectivity index (χ0) is 16.8. The third kappa shape index (κ3) is 4.17. The van der Waals surface area contributed by atoms with E-state index in [1.807, 2.05) is 0 Å². The molecule has 1 N–H and O–H groups in total. The second-order valence-electron chi connectivity index (χ2n) is 6.18. The van der Waals surface area contributed by atoms with Crippen LogP contribution >= 0.6 is 0 Å². The highest BCUT2D eigenvalue weighted by Crippen LogP contribution is 2.08. The van der Waals surface area contributed by atoms with Gasteiger partial charge < -0.3 is 10.2 Å². The van der Waals surface area contributed by atoms with Crippen LogP contribution in [0.5, 0.6) is 0 Å². The van der Waals surface area contributed by atoms with Gasteiger partial charge >= 0.3 is 0 Å². The molecule has 7 heteroatoms. The molecule has 1 aromatic carbocycles. The molecule has 0 unspecified atom stereocenters. The highest BCUT2D eigenvalue weighted by atomic mass is 16.2. The number of benzene rings is 1. The van der Waals surface area contributed by atoms with Crippen molar-refractivity contribution in [2.75, 3.05) is 26.2 Å². The maximum absolute atomic E-state index is 12.3. The van der Waals surface area contributed by atoms with Crippen molar-refractivity contribution in [3.05, 3.63) is 34.6 Å². The number of rotatable bonds is 6. The van der Waals surface area contributed by atoms with Gasteiger partial charge in [0, 0.05) is 6.54 Å². The molecule has 1 aliphatic rings. The standard InChI is InChI=1S/C17H23N5O2/c23-16(18-9-6-12-21-10-4-1-5-11-21)13-22-17(24)14-7-2-3-8-15(14)19-20-22/h2-3,7-8H,1,4-6,9-13H2,(H,18,23). The largest absolute Gasteiger partial charge is 0.354 e. The summed E-state index contributed by atoms with van der Waals surface area (Å²) >= 11 is 0. The molecule has 24 heavy (non-hydrogen) atoms. The van der Waals surface area contributed by atoms with Gasteiger partial charge in [-0.3, -0.25) is 9.59 Å². The Labute approximate surface area is 140 Å². The van der Waals surface area contributed by atoms with Gasteiger partial charge in [-0.05, 0) is 51.0 Å². The zero-order valence-corrected chi connectivity index (χ0v) is 13.8. The number of hydrogen-bond acceptors (Lipinski definition) is 5. The van der Waals surface area contributed by atoms with Crippen LogP contribution in [0.1, 0.15) is 25.7 Å². The van der Waals surface area contributed by atoms with Crippen molar-refractivity contribution in [2.45, 2.75) is 32.2 Å². The van der Waals surface area contributed by atoms with E-state index in [9.17, 15) is 9.59 Å². The van der Waals surface area contributed by atoms with E-state index in [0.717, 1.165) is 30.7 Å². The van der Waals surface area contributed by atoms with Crippen molar-refractivity contribution >= 4 is 16.8 Å². The van der Waals surface area contributed by atoms with Gasteiger partial charge in [0.1, 0.15) is 12.1 Å². The first-order valence-corrected chi connectivity index (χ1v) is 8.55. The lowest BCUT2D eigenvalue weighted by molar-refractivity contribution is -0.121. The van der Waals surface area contributed by atoms with E-state index in [1.54, 1.807) is 24.3 Å². The molecule has 1 aromatic heterocycles. The Balaban J connectivity index is 1.48.